The first-order valence-corrected chi connectivity index (χ1v) is 8.76. The maximum atomic E-state index is 5.75. The maximum Gasteiger partial charge on any atom is 0.0576 e. The van der Waals surface area contributed by atoms with Crippen LogP contribution in [0.2, 0.25) is 0 Å². The lowest BCUT2D eigenvalue weighted by Crippen LogP contribution is -2.34. The molecule has 0 bridgehead atoms. The molecule has 0 spiro atoms. The van der Waals surface area contributed by atoms with E-state index in [1.807, 2.05) is 0 Å². The van der Waals surface area contributed by atoms with Gasteiger partial charge in [-0.2, -0.15) is 0 Å². The molecular weight excluding hydrogens is 246 g/mol. The van der Waals surface area contributed by atoms with Crippen LogP contribution in [0.3, 0.4) is 0 Å². The lowest BCUT2D eigenvalue weighted by Gasteiger charge is -2.21. The van der Waals surface area contributed by atoms with E-state index >= 15 is 0 Å². The minimum absolute atomic E-state index is 0.488. The van der Waals surface area contributed by atoms with Crippen molar-refractivity contribution in [3.05, 3.63) is 0 Å². The number of hydrogen-bond donors (Lipinski definition) is 1. The molecule has 0 aromatic carbocycles. The Hall–Kier alpha value is -0.0800. The average molecular weight is 281 g/mol. The van der Waals surface area contributed by atoms with Gasteiger partial charge in [-0.1, -0.05) is 34.6 Å². The normalized spacial score (nSPS) is 29.6. The van der Waals surface area contributed by atoms with Crippen LogP contribution >= 0.6 is 0 Å². The van der Waals surface area contributed by atoms with Crippen LogP contribution in [-0.2, 0) is 4.74 Å². The molecule has 1 saturated heterocycles. The van der Waals surface area contributed by atoms with E-state index in [1.54, 1.807) is 0 Å². The quantitative estimate of drug-likeness (QED) is 0.712. The molecule has 0 aromatic rings. The van der Waals surface area contributed by atoms with E-state index in [4.69, 9.17) is 4.74 Å². The molecule has 1 aliphatic heterocycles. The smallest absolute Gasteiger partial charge is 0.0576 e. The van der Waals surface area contributed by atoms with Crippen molar-refractivity contribution in [3.8, 4) is 0 Å². The summed E-state index contributed by atoms with van der Waals surface area (Å²) in [6.45, 7) is 14.2. The summed E-state index contributed by atoms with van der Waals surface area (Å²) in [6.07, 6.45) is 8.24. The van der Waals surface area contributed by atoms with Crippen molar-refractivity contribution in [2.24, 2.45) is 16.7 Å². The Morgan fingerprint density at radius 3 is 2.40 bits per heavy atom. The molecule has 1 aliphatic carbocycles. The molecule has 2 atom stereocenters. The van der Waals surface area contributed by atoms with Gasteiger partial charge in [-0.3, -0.25) is 0 Å². The fourth-order valence-corrected chi connectivity index (χ4v) is 4.41. The summed E-state index contributed by atoms with van der Waals surface area (Å²) in [5.41, 5.74) is 0.977. The topological polar surface area (TPSA) is 21.3 Å². The summed E-state index contributed by atoms with van der Waals surface area (Å²) < 4.78 is 5.75. The Labute approximate surface area is 126 Å². The molecule has 20 heavy (non-hydrogen) atoms. The highest BCUT2D eigenvalue weighted by Crippen LogP contribution is 2.70. The molecule has 0 aromatic heterocycles. The fourth-order valence-electron chi connectivity index (χ4n) is 4.41. The summed E-state index contributed by atoms with van der Waals surface area (Å²) in [6, 6.07) is 0.696. The van der Waals surface area contributed by atoms with Gasteiger partial charge in [-0.25, -0.2) is 0 Å². The molecule has 2 heteroatoms. The van der Waals surface area contributed by atoms with Crippen LogP contribution in [0.15, 0.2) is 0 Å². The van der Waals surface area contributed by atoms with Crippen molar-refractivity contribution < 1.29 is 4.74 Å². The summed E-state index contributed by atoms with van der Waals surface area (Å²) in [5.74, 6) is 0.825. The van der Waals surface area contributed by atoms with E-state index in [2.05, 4.69) is 39.9 Å². The van der Waals surface area contributed by atoms with Crippen molar-refractivity contribution in [2.45, 2.75) is 85.3 Å². The highest BCUT2D eigenvalue weighted by molar-refractivity contribution is 5.16. The van der Waals surface area contributed by atoms with E-state index in [1.165, 1.54) is 38.5 Å². The van der Waals surface area contributed by atoms with Gasteiger partial charge in [0.15, 0.2) is 0 Å². The van der Waals surface area contributed by atoms with Crippen molar-refractivity contribution in [2.75, 3.05) is 13.2 Å². The second-order valence-corrected chi connectivity index (χ2v) is 8.05. The van der Waals surface area contributed by atoms with Gasteiger partial charge in [0.2, 0.25) is 0 Å². The summed E-state index contributed by atoms with van der Waals surface area (Å²) >= 11 is 0. The minimum atomic E-state index is 0.488. The van der Waals surface area contributed by atoms with Crippen LogP contribution < -0.4 is 5.32 Å². The van der Waals surface area contributed by atoms with Gasteiger partial charge in [-0.15, -0.1) is 0 Å². The largest absolute Gasteiger partial charge is 0.378 e. The average Bonchev–Trinajstić information content (AvgIpc) is 2.78. The third kappa shape index (κ3) is 3.22. The first kappa shape index (κ1) is 16.3. The summed E-state index contributed by atoms with van der Waals surface area (Å²) in [5, 5.41) is 3.83. The molecule has 1 saturated carbocycles. The molecule has 2 unspecified atom stereocenters. The second-order valence-electron chi connectivity index (χ2n) is 8.05. The lowest BCUT2D eigenvalue weighted by molar-refractivity contribution is 0.101. The second kappa shape index (κ2) is 6.36. The van der Waals surface area contributed by atoms with Crippen LogP contribution in [0, 0.1) is 16.7 Å². The Morgan fingerprint density at radius 1 is 1.20 bits per heavy atom. The van der Waals surface area contributed by atoms with Gasteiger partial charge in [0.25, 0.3) is 0 Å². The summed E-state index contributed by atoms with van der Waals surface area (Å²) in [4.78, 5) is 0. The van der Waals surface area contributed by atoms with Crippen LogP contribution in [0.4, 0.5) is 0 Å². The summed E-state index contributed by atoms with van der Waals surface area (Å²) in [7, 11) is 0. The van der Waals surface area contributed by atoms with Crippen molar-refractivity contribution >= 4 is 0 Å². The van der Waals surface area contributed by atoms with Gasteiger partial charge in [0.05, 0.1) is 6.10 Å². The molecule has 0 amide bonds. The van der Waals surface area contributed by atoms with E-state index in [9.17, 15) is 0 Å². The van der Waals surface area contributed by atoms with Crippen LogP contribution in [0.25, 0.3) is 0 Å². The molecule has 0 radical (unpaired) electrons. The molecule has 118 valence electrons. The first-order chi connectivity index (χ1) is 9.41. The van der Waals surface area contributed by atoms with E-state index in [0.29, 0.717) is 23.0 Å². The number of hydrogen-bond acceptors (Lipinski definition) is 2. The first-order valence-electron chi connectivity index (χ1n) is 8.76. The van der Waals surface area contributed by atoms with Crippen LogP contribution in [0.1, 0.15) is 73.1 Å². The molecule has 2 aliphatic rings. The zero-order valence-electron chi connectivity index (χ0n) is 14.3. The molecule has 2 nitrogen and oxygen atoms in total. The number of ether oxygens (including phenoxy) is 1. The molecule has 2 fully saturated rings. The SMILES string of the molecule is CCCNC(CCCC1CCCO1)C1C(C)(C)C1(C)C. The van der Waals surface area contributed by atoms with Gasteiger partial charge in [0, 0.05) is 12.6 Å². The zero-order chi connectivity index (χ0) is 14.8. The van der Waals surface area contributed by atoms with Crippen LogP contribution in [0.5, 0.6) is 0 Å². The van der Waals surface area contributed by atoms with Gasteiger partial charge < -0.3 is 10.1 Å². The van der Waals surface area contributed by atoms with Crippen molar-refractivity contribution in [3.63, 3.8) is 0 Å². The third-order valence-electron chi connectivity index (χ3n) is 6.26. The molecule has 2 rings (SSSR count). The maximum absolute atomic E-state index is 5.75. The lowest BCUT2D eigenvalue weighted by atomic mass is 9.97. The predicted molar refractivity (Wildman–Crippen MR) is 86.0 cm³/mol. The Kier molecular flexibility index (Phi) is 5.18. The Morgan fingerprint density at radius 2 is 1.90 bits per heavy atom. The van der Waals surface area contributed by atoms with Crippen molar-refractivity contribution in [1.29, 1.82) is 0 Å². The van der Waals surface area contributed by atoms with Gasteiger partial charge in [-0.05, 0) is 61.8 Å². The number of nitrogens with one attached hydrogen (secondary N) is 1. The monoisotopic (exact) mass is 281 g/mol. The van der Waals surface area contributed by atoms with Gasteiger partial charge >= 0.3 is 0 Å². The van der Waals surface area contributed by atoms with E-state index in [-0.39, 0.29) is 0 Å². The third-order valence-corrected chi connectivity index (χ3v) is 6.26. The van der Waals surface area contributed by atoms with E-state index < -0.39 is 0 Å². The highest BCUT2D eigenvalue weighted by atomic mass is 16.5. The minimum Gasteiger partial charge on any atom is -0.378 e. The molecule has 1 N–H and O–H groups in total. The highest BCUT2D eigenvalue weighted by Gasteiger charge is 2.66. The fraction of sp³-hybridized carbons (Fsp3) is 1.00. The predicted octanol–water partition coefficient (Wildman–Crippen LogP) is 4.39. The standard InChI is InChI=1S/C18H35NO/c1-6-12-19-15(16-17(2,3)18(16,4)5)11-7-9-14-10-8-13-20-14/h14-16,19H,6-13H2,1-5H3. The Balaban J connectivity index is 1.81. The van der Waals surface area contributed by atoms with Crippen molar-refractivity contribution in [1.82, 2.24) is 5.32 Å². The zero-order valence-corrected chi connectivity index (χ0v) is 14.3. The van der Waals surface area contributed by atoms with Gasteiger partial charge in [0.1, 0.15) is 0 Å². The Bertz CT molecular complexity index is 291. The van der Waals surface area contributed by atoms with E-state index in [0.717, 1.165) is 19.1 Å². The van der Waals surface area contributed by atoms with Crippen LogP contribution in [-0.4, -0.2) is 25.3 Å². The molecular formula is C18H35NO. The number of rotatable bonds is 8. The molecule has 1 heterocycles.